The molecule has 12 saturated carbocycles. The minimum atomic E-state index is -1.29. The van der Waals surface area contributed by atoms with Gasteiger partial charge >= 0.3 is 47.8 Å². The van der Waals surface area contributed by atoms with Crippen LogP contribution in [0.25, 0.3) is 0 Å². The Morgan fingerprint density at radius 3 is 1.06 bits per heavy atom. The van der Waals surface area contributed by atoms with Gasteiger partial charge in [0.2, 0.25) is 5.60 Å². The van der Waals surface area contributed by atoms with Crippen LogP contribution in [-0.4, -0.2) is 91.6 Å². The molecule has 0 saturated heterocycles. The summed E-state index contributed by atoms with van der Waals surface area (Å²) in [6.07, 6.45) is 16.7. The number of esters is 4. The van der Waals surface area contributed by atoms with Crippen LogP contribution in [0.1, 0.15) is 156 Å². The zero-order valence-electron chi connectivity index (χ0n) is 42.8. The van der Waals surface area contributed by atoms with Crippen LogP contribution in [0.4, 0.5) is 0 Å². The third kappa shape index (κ3) is 12.4. The van der Waals surface area contributed by atoms with E-state index in [0.29, 0.717) is 65.1 Å². The zero-order chi connectivity index (χ0) is 53.0. The van der Waals surface area contributed by atoms with Crippen molar-refractivity contribution in [2.45, 2.75) is 173 Å². The van der Waals surface area contributed by atoms with E-state index in [1.807, 2.05) is 0 Å². The Balaban J connectivity index is 0.000000160. The number of ether oxygens (including phenoxy) is 4. The van der Waals surface area contributed by atoms with Crippen LogP contribution >= 0.6 is 0 Å². The Hall–Kier alpha value is -5.28. The zero-order valence-corrected chi connectivity index (χ0v) is 42.8. The molecule has 0 aliphatic heterocycles. The Morgan fingerprint density at radius 2 is 0.736 bits per heavy atom. The van der Waals surface area contributed by atoms with E-state index in [1.165, 1.54) is 19.3 Å². The lowest BCUT2D eigenvalue weighted by Crippen LogP contribution is -2.63. The van der Waals surface area contributed by atoms with E-state index in [-0.39, 0.29) is 61.1 Å². The molecule has 0 spiro atoms. The first-order chi connectivity index (χ1) is 33.8. The summed E-state index contributed by atoms with van der Waals surface area (Å²) in [6, 6.07) is 0. The molecule has 12 rings (SSSR count). The Kier molecular flexibility index (Phi) is 17.8. The van der Waals surface area contributed by atoms with Crippen LogP contribution in [-0.2, 0) is 57.3 Å². The minimum Gasteiger partial charge on any atom is -0.481 e. The van der Waals surface area contributed by atoms with Gasteiger partial charge in [0.15, 0.2) is 0 Å². The molecule has 16 nitrogen and oxygen atoms in total. The predicted molar refractivity (Wildman–Crippen MR) is 261 cm³/mol. The number of carbonyl (C=O) groups is 8. The second kappa shape index (κ2) is 22.9. The second-order valence-corrected chi connectivity index (χ2v) is 23.3. The largest absolute Gasteiger partial charge is 0.481 e. The van der Waals surface area contributed by atoms with E-state index in [2.05, 4.69) is 31.1 Å². The van der Waals surface area contributed by atoms with Gasteiger partial charge in [-0.3, -0.25) is 14.4 Å². The van der Waals surface area contributed by atoms with Crippen LogP contribution in [0.15, 0.2) is 48.6 Å². The van der Waals surface area contributed by atoms with Crippen LogP contribution in [0.5, 0.6) is 0 Å². The molecule has 0 aromatic heterocycles. The number of aliphatic carboxylic acids is 4. The summed E-state index contributed by atoms with van der Waals surface area (Å²) in [5.74, 6) is -0.0234. The first-order valence-corrected chi connectivity index (χ1v) is 26.2. The van der Waals surface area contributed by atoms with Gasteiger partial charge < -0.3 is 39.4 Å². The van der Waals surface area contributed by atoms with Crippen molar-refractivity contribution in [1.82, 2.24) is 0 Å². The predicted octanol–water partition coefficient (Wildman–Crippen LogP) is 9.30. The van der Waals surface area contributed by atoms with Gasteiger partial charge in [-0.25, -0.2) is 24.0 Å². The highest BCUT2D eigenvalue weighted by atomic mass is 16.6. The molecule has 398 valence electrons. The van der Waals surface area contributed by atoms with Gasteiger partial charge in [0.1, 0.15) is 11.2 Å². The molecule has 0 atom stereocenters. The average molecular weight is 1010 g/mol. The van der Waals surface area contributed by atoms with Crippen LogP contribution in [0, 0.1) is 71.0 Å². The minimum absolute atomic E-state index is 0.00968. The summed E-state index contributed by atoms with van der Waals surface area (Å²) >= 11 is 0. The Bertz CT molecular complexity index is 2100. The first-order valence-electron chi connectivity index (χ1n) is 26.2. The van der Waals surface area contributed by atoms with Gasteiger partial charge in [-0.15, -0.1) is 0 Å². The number of carboxylic acid groups (broad SMARTS) is 4. The summed E-state index contributed by atoms with van der Waals surface area (Å²) in [5, 5.41) is 36.3. The van der Waals surface area contributed by atoms with E-state index >= 15 is 0 Å². The lowest BCUT2D eigenvalue weighted by molar-refractivity contribution is -0.219. The van der Waals surface area contributed by atoms with Crippen molar-refractivity contribution in [3.63, 3.8) is 0 Å². The van der Waals surface area contributed by atoms with Crippen molar-refractivity contribution in [1.29, 1.82) is 0 Å². The normalized spacial score (nSPS) is 36.1. The van der Waals surface area contributed by atoms with Crippen molar-refractivity contribution in [2.75, 3.05) is 6.61 Å². The van der Waals surface area contributed by atoms with Gasteiger partial charge in [0, 0.05) is 58.8 Å². The number of carboxylic acids is 4. The third-order valence-corrected chi connectivity index (χ3v) is 17.9. The summed E-state index contributed by atoms with van der Waals surface area (Å²) in [6.45, 7) is 20.8. The quantitative estimate of drug-likeness (QED) is 0.0458. The fourth-order valence-corrected chi connectivity index (χ4v) is 15.3. The Labute approximate surface area is 423 Å². The molecule has 0 aromatic carbocycles. The highest BCUT2D eigenvalue weighted by molar-refractivity contribution is 5.91. The molecule has 0 heterocycles. The standard InChI is InChI=1S/C17H24O4.C16H22O4.C15H20O4.C8H12O4/c1-10(2)16(20)21-17(4-3-15(18)19)13-6-11-5-12(8-13)9-14(17)7-11;1-9(2)15(19)20-16(8-14(17)18)12-4-10-3-11(6-12)7-13(16)5-10;1-8(2)13(16)19-15(14(17)18)11-4-9-3-10(6-11)7-12(15)5-9;1-6(2)8(11)12-5-3-4-7(9)10/h11-14H,1,3-9H2,2H3,(H,18,19);10-13H,1,3-8H2,2H3,(H,17,18);9-12H,1,3-7H2,2H3,(H,17,18);1,3-5H2,2H3,(H,9,10). The molecule has 0 unspecified atom stereocenters. The van der Waals surface area contributed by atoms with Gasteiger partial charge in [-0.05, 0) is 184 Å². The summed E-state index contributed by atoms with van der Waals surface area (Å²) in [4.78, 5) is 91.0. The highest BCUT2D eigenvalue weighted by Gasteiger charge is 2.65. The molecule has 16 heteroatoms. The number of hydrogen-bond donors (Lipinski definition) is 4. The third-order valence-electron chi connectivity index (χ3n) is 17.9. The molecule has 4 N–H and O–H groups in total. The van der Waals surface area contributed by atoms with E-state index in [9.17, 15) is 48.6 Å². The van der Waals surface area contributed by atoms with Crippen LogP contribution < -0.4 is 0 Å². The van der Waals surface area contributed by atoms with E-state index < -0.39 is 58.6 Å². The fraction of sp³-hybridized carbons (Fsp3) is 0.714. The van der Waals surface area contributed by atoms with E-state index in [4.69, 9.17) is 24.4 Å². The Morgan fingerprint density at radius 1 is 0.417 bits per heavy atom. The van der Waals surface area contributed by atoms with Crippen molar-refractivity contribution in [2.24, 2.45) is 71.0 Å². The molecule has 0 amide bonds. The summed E-state index contributed by atoms with van der Waals surface area (Å²) in [7, 11) is 0. The molecule has 72 heavy (non-hydrogen) atoms. The highest BCUT2D eigenvalue weighted by Crippen LogP contribution is 2.63. The summed E-state index contributed by atoms with van der Waals surface area (Å²) < 4.78 is 21.8. The maximum atomic E-state index is 12.1. The molecule has 12 fully saturated rings. The van der Waals surface area contributed by atoms with E-state index in [1.54, 1.807) is 27.7 Å². The maximum absolute atomic E-state index is 12.1. The summed E-state index contributed by atoms with van der Waals surface area (Å²) in [5.41, 5.74) is -1.28. The second-order valence-electron chi connectivity index (χ2n) is 23.3. The SMILES string of the molecule is C=C(C)C(=O)OC1(C(=O)O)C2CC3CC(C2)CC1C3.C=C(C)C(=O)OC1(CC(=O)O)C2CC3CC(C2)CC1C3.C=C(C)C(=O)OC1(CCC(=O)O)C2CC3CC(C2)CC1C3.C=C(C)C(=O)OCCCC(=O)O. The molecule has 0 radical (unpaired) electrons. The van der Waals surface area contributed by atoms with Gasteiger partial charge in [-0.2, -0.15) is 0 Å². The number of hydrogen-bond acceptors (Lipinski definition) is 12. The monoisotopic (exact) mass is 1010 g/mol. The van der Waals surface area contributed by atoms with Crippen molar-refractivity contribution in [3.8, 4) is 0 Å². The van der Waals surface area contributed by atoms with Gasteiger partial charge in [0.05, 0.1) is 13.0 Å². The first kappa shape index (κ1) is 56.0. The van der Waals surface area contributed by atoms with Gasteiger partial charge in [0.25, 0.3) is 0 Å². The van der Waals surface area contributed by atoms with Crippen LogP contribution in [0.2, 0.25) is 0 Å². The maximum Gasteiger partial charge on any atom is 0.348 e. The van der Waals surface area contributed by atoms with Crippen molar-refractivity contribution < 1.29 is 77.7 Å². The topological polar surface area (TPSA) is 254 Å². The van der Waals surface area contributed by atoms with Gasteiger partial charge in [-0.1, -0.05) is 26.3 Å². The number of carbonyl (C=O) groups excluding carboxylic acids is 4. The van der Waals surface area contributed by atoms with Crippen LogP contribution in [0.3, 0.4) is 0 Å². The fourth-order valence-electron chi connectivity index (χ4n) is 15.3. The average Bonchev–Trinajstić information content (AvgIpc) is 3.28. The molecule has 12 aliphatic carbocycles. The molecular weight excluding hydrogens is 929 g/mol. The number of rotatable bonds is 17. The van der Waals surface area contributed by atoms with Crippen molar-refractivity contribution >= 4 is 47.8 Å². The van der Waals surface area contributed by atoms with Crippen molar-refractivity contribution in [3.05, 3.63) is 48.6 Å². The molecular formula is C56H78O16. The lowest BCUT2D eigenvalue weighted by atomic mass is 9.49. The molecule has 12 aliphatic rings. The smallest absolute Gasteiger partial charge is 0.348 e. The lowest BCUT2D eigenvalue weighted by Gasteiger charge is -2.60. The molecule has 0 aromatic rings. The molecule has 12 bridgehead atoms. The van der Waals surface area contributed by atoms with E-state index in [0.717, 1.165) is 88.9 Å².